The second-order valence-electron chi connectivity index (χ2n) is 4.62. The van der Waals surface area contributed by atoms with Crippen molar-refractivity contribution in [2.24, 2.45) is 5.73 Å². The summed E-state index contributed by atoms with van der Waals surface area (Å²) in [6.45, 7) is 2.36. The highest BCUT2D eigenvalue weighted by atomic mass is 32.2. The van der Waals surface area contributed by atoms with E-state index in [1.807, 2.05) is 11.8 Å². The Morgan fingerprint density at radius 3 is 2.50 bits per heavy atom. The molecule has 0 aliphatic heterocycles. The van der Waals surface area contributed by atoms with Crippen LogP contribution < -0.4 is 5.73 Å². The maximum atomic E-state index is 6.30. The molecule has 0 aromatic rings. The average Bonchev–Trinajstić information content (AvgIpc) is 2.60. The molecule has 0 radical (unpaired) electrons. The Bertz CT molecular complexity index is 155. The minimum absolute atomic E-state index is 0.174. The average molecular weight is 216 g/mol. The van der Waals surface area contributed by atoms with E-state index in [4.69, 9.17) is 5.73 Å². The van der Waals surface area contributed by atoms with Gasteiger partial charge in [0, 0.05) is 17.8 Å². The Labute approximate surface area is 92.6 Å². The topological polar surface area (TPSA) is 29.3 Å². The summed E-state index contributed by atoms with van der Waals surface area (Å²) in [6, 6.07) is 0. The molecule has 0 saturated heterocycles. The minimum Gasteiger partial charge on any atom is -0.325 e. The fourth-order valence-corrected chi connectivity index (χ4v) is 2.60. The van der Waals surface area contributed by atoms with Crippen LogP contribution in [-0.2, 0) is 0 Å². The van der Waals surface area contributed by atoms with Crippen LogP contribution in [-0.4, -0.2) is 42.6 Å². The molecule has 0 heterocycles. The van der Waals surface area contributed by atoms with E-state index in [0.29, 0.717) is 0 Å². The molecule has 2 N–H and O–H groups in total. The van der Waals surface area contributed by atoms with Gasteiger partial charge in [0.05, 0.1) is 0 Å². The number of nitrogens with two attached hydrogens (primary N) is 1. The van der Waals surface area contributed by atoms with E-state index >= 15 is 0 Å². The van der Waals surface area contributed by atoms with Crippen molar-refractivity contribution < 1.29 is 0 Å². The smallest absolute Gasteiger partial charge is 0.0166 e. The Kier molecular flexibility index (Phi) is 5.28. The van der Waals surface area contributed by atoms with Crippen LogP contribution in [0.2, 0.25) is 0 Å². The third kappa shape index (κ3) is 4.20. The van der Waals surface area contributed by atoms with Crippen LogP contribution in [0.15, 0.2) is 0 Å². The van der Waals surface area contributed by atoms with Crippen LogP contribution in [0.4, 0.5) is 0 Å². The van der Waals surface area contributed by atoms with Gasteiger partial charge < -0.3 is 10.6 Å². The van der Waals surface area contributed by atoms with Crippen LogP contribution >= 0.6 is 11.8 Å². The molecule has 1 aliphatic rings. The molecule has 84 valence electrons. The van der Waals surface area contributed by atoms with E-state index in [1.165, 1.54) is 44.4 Å². The minimum atomic E-state index is 0.174. The van der Waals surface area contributed by atoms with Crippen molar-refractivity contribution >= 4 is 11.8 Å². The van der Waals surface area contributed by atoms with Gasteiger partial charge in [0.2, 0.25) is 0 Å². The number of hydrogen-bond donors (Lipinski definition) is 1. The summed E-state index contributed by atoms with van der Waals surface area (Å²) in [5, 5.41) is 0. The first kappa shape index (κ1) is 12.3. The van der Waals surface area contributed by atoms with Crippen molar-refractivity contribution in [1.29, 1.82) is 0 Å². The summed E-state index contributed by atoms with van der Waals surface area (Å²) in [4.78, 5) is 2.41. The first-order chi connectivity index (χ1) is 6.66. The summed E-state index contributed by atoms with van der Waals surface area (Å²) in [5.74, 6) is 1.23. The number of thioether (sulfide) groups is 1. The van der Waals surface area contributed by atoms with E-state index in [-0.39, 0.29) is 5.54 Å². The molecule has 1 fully saturated rings. The van der Waals surface area contributed by atoms with Gasteiger partial charge in [-0.25, -0.2) is 0 Å². The van der Waals surface area contributed by atoms with Gasteiger partial charge in [0.25, 0.3) is 0 Å². The molecule has 1 saturated carbocycles. The summed E-state index contributed by atoms with van der Waals surface area (Å²) in [6.07, 6.45) is 8.50. The Balaban J connectivity index is 2.12. The lowest BCUT2D eigenvalue weighted by Gasteiger charge is -2.26. The third-order valence-corrected chi connectivity index (χ3v) is 3.86. The van der Waals surface area contributed by atoms with Crippen molar-refractivity contribution in [3.8, 4) is 0 Å². The molecule has 0 spiro atoms. The highest BCUT2D eigenvalue weighted by Crippen LogP contribution is 2.29. The lowest BCUT2D eigenvalue weighted by Crippen LogP contribution is -2.40. The Morgan fingerprint density at radius 2 is 1.93 bits per heavy atom. The maximum Gasteiger partial charge on any atom is 0.0166 e. The standard InChI is InChI=1S/C11H24N2S/c1-13(9-10-14-2)8-7-11(12)5-3-4-6-11/h3-10,12H2,1-2H3. The molecule has 0 aromatic heterocycles. The normalized spacial score (nSPS) is 20.6. The summed E-state index contributed by atoms with van der Waals surface area (Å²) >= 11 is 1.91. The molecule has 0 atom stereocenters. The van der Waals surface area contributed by atoms with Gasteiger partial charge in [-0.15, -0.1) is 0 Å². The molecule has 1 rings (SSSR count). The summed E-state index contributed by atoms with van der Waals surface area (Å²) in [7, 11) is 2.20. The van der Waals surface area contributed by atoms with E-state index in [2.05, 4.69) is 18.2 Å². The van der Waals surface area contributed by atoms with Crippen molar-refractivity contribution in [3.63, 3.8) is 0 Å². The zero-order valence-corrected chi connectivity index (χ0v) is 10.4. The van der Waals surface area contributed by atoms with Crippen molar-refractivity contribution in [1.82, 2.24) is 4.90 Å². The molecule has 1 aliphatic carbocycles. The molecule has 0 bridgehead atoms. The number of rotatable bonds is 6. The number of hydrogen-bond acceptors (Lipinski definition) is 3. The molecule has 14 heavy (non-hydrogen) atoms. The molecule has 0 aromatic carbocycles. The lowest BCUT2D eigenvalue weighted by atomic mass is 9.95. The predicted octanol–water partition coefficient (Wildman–Crippen LogP) is 1.94. The molecule has 2 nitrogen and oxygen atoms in total. The zero-order valence-electron chi connectivity index (χ0n) is 9.59. The second kappa shape index (κ2) is 5.99. The van der Waals surface area contributed by atoms with Crippen LogP contribution in [0.3, 0.4) is 0 Å². The predicted molar refractivity (Wildman–Crippen MR) is 65.9 cm³/mol. The van der Waals surface area contributed by atoms with Crippen molar-refractivity contribution in [2.45, 2.75) is 37.6 Å². The van der Waals surface area contributed by atoms with Crippen LogP contribution in [0, 0.1) is 0 Å². The van der Waals surface area contributed by atoms with Crippen LogP contribution in [0.25, 0.3) is 0 Å². The molecule has 3 heteroatoms. The van der Waals surface area contributed by atoms with Gasteiger partial charge in [0.15, 0.2) is 0 Å². The Morgan fingerprint density at radius 1 is 1.29 bits per heavy atom. The summed E-state index contributed by atoms with van der Waals surface area (Å²) < 4.78 is 0. The largest absolute Gasteiger partial charge is 0.325 e. The van der Waals surface area contributed by atoms with Crippen LogP contribution in [0.1, 0.15) is 32.1 Å². The zero-order chi connectivity index (χ0) is 10.4. The molecule has 0 amide bonds. The summed E-state index contributed by atoms with van der Waals surface area (Å²) in [5.41, 5.74) is 6.48. The van der Waals surface area contributed by atoms with Gasteiger partial charge in [0.1, 0.15) is 0 Å². The van der Waals surface area contributed by atoms with E-state index in [1.54, 1.807) is 0 Å². The van der Waals surface area contributed by atoms with Gasteiger partial charge in [-0.1, -0.05) is 12.8 Å². The maximum absolute atomic E-state index is 6.30. The SMILES string of the molecule is CSCCN(C)CCC1(N)CCCC1. The van der Waals surface area contributed by atoms with Crippen LogP contribution in [0.5, 0.6) is 0 Å². The Hall–Kier alpha value is 0.270. The first-order valence-electron chi connectivity index (χ1n) is 5.63. The lowest BCUT2D eigenvalue weighted by molar-refractivity contribution is 0.291. The van der Waals surface area contributed by atoms with Crippen molar-refractivity contribution in [3.05, 3.63) is 0 Å². The second-order valence-corrected chi connectivity index (χ2v) is 5.60. The quantitative estimate of drug-likeness (QED) is 0.736. The first-order valence-corrected chi connectivity index (χ1v) is 7.02. The monoisotopic (exact) mass is 216 g/mol. The van der Waals surface area contributed by atoms with Gasteiger partial charge in [-0.05, 0) is 39.1 Å². The molecular formula is C11H24N2S. The highest BCUT2D eigenvalue weighted by Gasteiger charge is 2.28. The molecular weight excluding hydrogens is 192 g/mol. The fourth-order valence-electron chi connectivity index (χ4n) is 2.10. The highest BCUT2D eigenvalue weighted by molar-refractivity contribution is 7.98. The van der Waals surface area contributed by atoms with E-state index in [9.17, 15) is 0 Å². The van der Waals surface area contributed by atoms with Gasteiger partial charge >= 0.3 is 0 Å². The van der Waals surface area contributed by atoms with E-state index in [0.717, 1.165) is 6.54 Å². The third-order valence-electron chi connectivity index (χ3n) is 3.27. The molecule has 0 unspecified atom stereocenters. The fraction of sp³-hybridized carbons (Fsp3) is 1.00. The number of nitrogens with zero attached hydrogens (tertiary/aromatic N) is 1. The van der Waals surface area contributed by atoms with Gasteiger partial charge in [-0.2, -0.15) is 11.8 Å². The van der Waals surface area contributed by atoms with Crippen molar-refractivity contribution in [2.75, 3.05) is 32.1 Å². The van der Waals surface area contributed by atoms with E-state index < -0.39 is 0 Å². The van der Waals surface area contributed by atoms with Gasteiger partial charge in [-0.3, -0.25) is 0 Å².